The Balaban J connectivity index is 2.73. The van der Waals surface area contributed by atoms with Gasteiger partial charge in [-0.2, -0.15) is 0 Å². The summed E-state index contributed by atoms with van der Waals surface area (Å²) in [6.07, 6.45) is 1.56. The Morgan fingerprint density at radius 1 is 1.50 bits per heavy atom. The zero-order chi connectivity index (χ0) is 9.52. The summed E-state index contributed by atoms with van der Waals surface area (Å²) in [6, 6.07) is 0. The van der Waals surface area contributed by atoms with Crippen LogP contribution in [0.15, 0.2) is 10.6 Å². The van der Waals surface area contributed by atoms with Gasteiger partial charge in [0.1, 0.15) is 4.49 Å². The molecule has 0 N–H and O–H groups in total. The van der Waals surface area contributed by atoms with Crippen molar-refractivity contribution in [2.45, 2.75) is 13.8 Å². The maximum Gasteiger partial charge on any atom is 0.103 e. The van der Waals surface area contributed by atoms with E-state index >= 15 is 0 Å². The van der Waals surface area contributed by atoms with Crippen LogP contribution in [0.1, 0.15) is 13.8 Å². The van der Waals surface area contributed by atoms with E-state index in [-0.39, 0.29) is 15.8 Å². The molecule has 0 aliphatic heterocycles. The molecule has 1 aliphatic rings. The third-order valence-electron chi connectivity index (χ3n) is 2.47. The van der Waals surface area contributed by atoms with Gasteiger partial charge in [0.05, 0.1) is 0 Å². The van der Waals surface area contributed by atoms with Gasteiger partial charge < -0.3 is 9.90 Å². The molecule has 68 valence electrons. The second-order valence-corrected chi connectivity index (χ2v) is 4.61. The van der Waals surface area contributed by atoms with Crippen LogP contribution in [0, 0.1) is 17.3 Å². The van der Waals surface area contributed by atoms with Crippen molar-refractivity contribution in [1.82, 2.24) is 0 Å². The average molecular weight is 208 g/mol. The molecular formula is C8H9Cl2O2-. The Labute approximate surface area is 81.2 Å². The standard InChI is InChI=1S/C8H10Cl2O2/c1-8(2)4(3-5(9)10)6(8)7(11)12/h3-4,6H,1-2H3,(H,11,12)/p-1/t4-,6-/m0/s1. The van der Waals surface area contributed by atoms with Crippen molar-refractivity contribution in [3.05, 3.63) is 10.6 Å². The molecular weight excluding hydrogens is 199 g/mol. The van der Waals surface area contributed by atoms with Gasteiger partial charge in [0.25, 0.3) is 0 Å². The molecule has 12 heavy (non-hydrogen) atoms. The molecule has 0 aromatic carbocycles. The van der Waals surface area contributed by atoms with Crippen molar-refractivity contribution < 1.29 is 9.90 Å². The lowest BCUT2D eigenvalue weighted by atomic mass is 10.1. The van der Waals surface area contributed by atoms with Crippen molar-refractivity contribution >= 4 is 29.2 Å². The number of carbonyl (C=O) groups is 1. The second-order valence-electron chi connectivity index (χ2n) is 3.60. The minimum atomic E-state index is -1.03. The molecule has 0 amide bonds. The van der Waals surface area contributed by atoms with Crippen LogP contribution >= 0.6 is 23.2 Å². The first-order valence-corrected chi connectivity index (χ1v) is 4.36. The number of carboxylic acid groups (broad SMARTS) is 1. The normalized spacial score (nSPS) is 31.0. The molecule has 0 saturated heterocycles. The number of carboxylic acids is 1. The summed E-state index contributed by atoms with van der Waals surface area (Å²) < 4.78 is 0.122. The van der Waals surface area contributed by atoms with Crippen molar-refractivity contribution in [2.24, 2.45) is 17.3 Å². The molecule has 1 saturated carbocycles. The Morgan fingerprint density at radius 3 is 2.25 bits per heavy atom. The monoisotopic (exact) mass is 207 g/mol. The highest BCUT2D eigenvalue weighted by molar-refractivity contribution is 6.55. The van der Waals surface area contributed by atoms with Crippen molar-refractivity contribution in [3.8, 4) is 0 Å². The fraction of sp³-hybridized carbons (Fsp3) is 0.625. The van der Waals surface area contributed by atoms with Crippen LogP contribution in [0.5, 0.6) is 0 Å². The van der Waals surface area contributed by atoms with E-state index < -0.39 is 11.9 Å². The fourth-order valence-corrected chi connectivity index (χ4v) is 1.85. The number of hydrogen-bond acceptors (Lipinski definition) is 2. The molecule has 0 heterocycles. The summed E-state index contributed by atoms with van der Waals surface area (Å²) in [7, 11) is 0. The molecule has 1 fully saturated rings. The lowest BCUT2D eigenvalue weighted by Gasteiger charge is -2.01. The average Bonchev–Trinajstić information content (AvgIpc) is 2.32. The molecule has 4 heteroatoms. The SMILES string of the molecule is CC1(C)[C@H](C(=O)[O-])[C@@H]1C=C(Cl)Cl. The summed E-state index contributed by atoms with van der Waals surface area (Å²) in [5, 5.41) is 10.5. The van der Waals surface area contributed by atoms with Crippen LogP contribution in [-0.2, 0) is 4.79 Å². The third-order valence-corrected chi connectivity index (χ3v) is 2.72. The minimum Gasteiger partial charge on any atom is -0.550 e. The molecule has 2 atom stereocenters. The van der Waals surface area contributed by atoms with E-state index in [1.165, 1.54) is 0 Å². The molecule has 0 spiro atoms. The van der Waals surface area contributed by atoms with Crippen LogP contribution in [0.2, 0.25) is 0 Å². The highest BCUT2D eigenvalue weighted by atomic mass is 35.5. The largest absolute Gasteiger partial charge is 0.550 e. The van der Waals surface area contributed by atoms with Crippen LogP contribution < -0.4 is 5.11 Å². The summed E-state index contributed by atoms with van der Waals surface area (Å²) in [5.74, 6) is -1.58. The number of rotatable bonds is 2. The summed E-state index contributed by atoms with van der Waals surface area (Å²) in [4.78, 5) is 10.5. The summed E-state index contributed by atoms with van der Waals surface area (Å²) >= 11 is 10.8. The molecule has 0 aromatic heterocycles. The fourth-order valence-electron chi connectivity index (χ4n) is 1.57. The van der Waals surface area contributed by atoms with Gasteiger partial charge in [0.15, 0.2) is 0 Å². The van der Waals surface area contributed by atoms with Crippen LogP contribution in [0.4, 0.5) is 0 Å². The van der Waals surface area contributed by atoms with E-state index in [9.17, 15) is 9.90 Å². The Hall–Kier alpha value is -0.210. The third kappa shape index (κ3) is 1.59. The maximum atomic E-state index is 10.5. The molecule has 1 rings (SSSR count). The zero-order valence-corrected chi connectivity index (χ0v) is 8.32. The molecule has 0 unspecified atom stereocenters. The topological polar surface area (TPSA) is 40.1 Å². The Morgan fingerprint density at radius 2 is 2.00 bits per heavy atom. The van der Waals surface area contributed by atoms with E-state index in [0.29, 0.717) is 0 Å². The maximum absolute atomic E-state index is 10.5. The first-order chi connectivity index (χ1) is 5.37. The molecule has 0 bridgehead atoms. The van der Waals surface area contributed by atoms with Crippen molar-refractivity contribution in [3.63, 3.8) is 0 Å². The van der Waals surface area contributed by atoms with Gasteiger partial charge in [0.2, 0.25) is 0 Å². The van der Waals surface area contributed by atoms with Gasteiger partial charge in [-0.15, -0.1) is 0 Å². The van der Waals surface area contributed by atoms with E-state index in [4.69, 9.17) is 23.2 Å². The zero-order valence-electron chi connectivity index (χ0n) is 6.80. The molecule has 1 aliphatic carbocycles. The predicted octanol–water partition coefficient (Wildman–Crippen LogP) is 1.33. The lowest BCUT2D eigenvalue weighted by molar-refractivity contribution is -0.308. The van der Waals surface area contributed by atoms with Crippen molar-refractivity contribution in [2.75, 3.05) is 0 Å². The number of halogens is 2. The van der Waals surface area contributed by atoms with Gasteiger partial charge in [-0.3, -0.25) is 0 Å². The van der Waals surface area contributed by atoms with Gasteiger partial charge in [0, 0.05) is 11.9 Å². The smallest absolute Gasteiger partial charge is 0.103 e. The highest BCUT2D eigenvalue weighted by Gasteiger charge is 2.57. The number of carbonyl (C=O) groups excluding carboxylic acids is 1. The van der Waals surface area contributed by atoms with Gasteiger partial charge in [-0.25, -0.2) is 0 Å². The molecule has 2 nitrogen and oxygen atoms in total. The van der Waals surface area contributed by atoms with Gasteiger partial charge in [-0.1, -0.05) is 37.0 Å². The van der Waals surface area contributed by atoms with Crippen LogP contribution in [-0.4, -0.2) is 5.97 Å². The van der Waals surface area contributed by atoms with Gasteiger partial charge in [-0.05, 0) is 17.4 Å². The first kappa shape index (κ1) is 9.87. The quantitative estimate of drug-likeness (QED) is 0.686. The van der Waals surface area contributed by atoms with Crippen molar-refractivity contribution in [1.29, 1.82) is 0 Å². The van der Waals surface area contributed by atoms with E-state index in [1.807, 2.05) is 13.8 Å². The van der Waals surface area contributed by atoms with E-state index in [0.717, 1.165) is 0 Å². The Bertz CT molecular complexity index is 241. The number of aliphatic carboxylic acids is 1. The van der Waals surface area contributed by atoms with Gasteiger partial charge >= 0.3 is 0 Å². The first-order valence-electron chi connectivity index (χ1n) is 3.61. The molecule has 0 radical (unpaired) electrons. The summed E-state index contributed by atoms with van der Waals surface area (Å²) in [5.41, 5.74) is -0.270. The van der Waals surface area contributed by atoms with E-state index in [1.54, 1.807) is 6.08 Å². The summed E-state index contributed by atoms with van der Waals surface area (Å²) in [6.45, 7) is 3.71. The van der Waals surface area contributed by atoms with Crippen LogP contribution in [0.3, 0.4) is 0 Å². The van der Waals surface area contributed by atoms with E-state index in [2.05, 4.69) is 0 Å². The number of hydrogen-bond donors (Lipinski definition) is 0. The second kappa shape index (κ2) is 2.93. The predicted molar refractivity (Wildman–Crippen MR) is 45.6 cm³/mol. The molecule has 0 aromatic rings. The van der Waals surface area contributed by atoms with Crippen LogP contribution in [0.25, 0.3) is 0 Å². The number of allylic oxidation sites excluding steroid dienone is 1. The minimum absolute atomic E-state index is 0.0903. The lowest BCUT2D eigenvalue weighted by Crippen LogP contribution is -2.26. The highest BCUT2D eigenvalue weighted by Crippen LogP contribution is 2.59. The Kier molecular flexibility index (Phi) is 2.41.